The topological polar surface area (TPSA) is 66.5 Å². The average Bonchev–Trinajstić information content (AvgIpc) is 3.27. The largest absolute Gasteiger partial charge is 0.337 e. The molecule has 0 aliphatic heterocycles. The highest BCUT2D eigenvalue weighted by molar-refractivity contribution is 7.89. The summed E-state index contributed by atoms with van der Waals surface area (Å²) in [4.78, 5) is 15.5. The molecule has 0 atom stereocenters. The van der Waals surface area contributed by atoms with Crippen LogP contribution in [0.5, 0.6) is 0 Å². The normalized spacial score (nSPS) is 14.6. The summed E-state index contributed by atoms with van der Waals surface area (Å²) in [5.41, 5.74) is 1.66. The number of sulfonamides is 1. The van der Waals surface area contributed by atoms with Gasteiger partial charge in [-0.1, -0.05) is 0 Å². The smallest absolute Gasteiger partial charge is 0.253 e. The molecule has 1 N–H and O–H groups in total. The second kappa shape index (κ2) is 6.66. The Morgan fingerprint density at radius 3 is 2.46 bits per heavy atom. The highest BCUT2D eigenvalue weighted by Gasteiger charge is 2.28. The van der Waals surface area contributed by atoms with Gasteiger partial charge in [0.1, 0.15) is 0 Å². The van der Waals surface area contributed by atoms with Crippen molar-refractivity contribution in [2.24, 2.45) is 0 Å². The molecule has 0 unspecified atom stereocenters. The second-order valence-corrected chi connectivity index (χ2v) is 8.82. The molecule has 1 amide bonds. The molecule has 24 heavy (non-hydrogen) atoms. The fraction of sp³-hybridized carbons (Fsp3) is 0.353. The van der Waals surface area contributed by atoms with Crippen molar-refractivity contribution in [3.05, 3.63) is 51.7 Å². The maximum Gasteiger partial charge on any atom is 0.253 e. The monoisotopic (exact) mass is 364 g/mol. The van der Waals surface area contributed by atoms with Crippen molar-refractivity contribution in [3.63, 3.8) is 0 Å². The Hall–Kier alpha value is -1.70. The predicted molar refractivity (Wildman–Crippen MR) is 94.6 cm³/mol. The first-order chi connectivity index (χ1) is 11.4. The first kappa shape index (κ1) is 17.1. The van der Waals surface area contributed by atoms with Gasteiger partial charge in [-0.15, -0.1) is 11.3 Å². The SMILES string of the molecule is Cc1ccsc1CN(C)C(=O)c1ccc(S(=O)(=O)NC2CC2)cc1. The van der Waals surface area contributed by atoms with Crippen molar-refractivity contribution in [1.29, 1.82) is 0 Å². The number of hydrogen-bond donors (Lipinski definition) is 1. The number of rotatable bonds is 6. The lowest BCUT2D eigenvalue weighted by atomic mass is 10.2. The average molecular weight is 364 g/mol. The van der Waals surface area contributed by atoms with Gasteiger partial charge >= 0.3 is 0 Å². The lowest BCUT2D eigenvalue weighted by Gasteiger charge is -2.17. The van der Waals surface area contributed by atoms with Crippen LogP contribution in [-0.2, 0) is 16.6 Å². The summed E-state index contributed by atoms with van der Waals surface area (Å²) in [5, 5.41) is 2.01. The van der Waals surface area contributed by atoms with Crippen molar-refractivity contribution < 1.29 is 13.2 Å². The number of carbonyl (C=O) groups excluding carboxylic acids is 1. The molecule has 1 saturated carbocycles. The van der Waals surface area contributed by atoms with Crippen molar-refractivity contribution in [1.82, 2.24) is 9.62 Å². The van der Waals surface area contributed by atoms with E-state index in [1.807, 2.05) is 18.4 Å². The maximum atomic E-state index is 12.5. The molecule has 0 saturated heterocycles. The summed E-state index contributed by atoms with van der Waals surface area (Å²) in [6.07, 6.45) is 1.78. The number of thiophene rings is 1. The van der Waals surface area contributed by atoms with E-state index >= 15 is 0 Å². The number of nitrogens with one attached hydrogen (secondary N) is 1. The molecular weight excluding hydrogens is 344 g/mol. The Morgan fingerprint density at radius 1 is 1.25 bits per heavy atom. The van der Waals surface area contributed by atoms with E-state index in [2.05, 4.69) is 4.72 Å². The number of carbonyl (C=O) groups is 1. The standard InChI is InChI=1S/C17H20N2O3S2/c1-12-9-10-23-16(12)11-19(2)17(20)13-3-7-15(8-4-13)24(21,22)18-14-5-6-14/h3-4,7-10,14,18H,5-6,11H2,1-2H3. The minimum Gasteiger partial charge on any atom is -0.337 e. The first-order valence-electron chi connectivity index (χ1n) is 7.77. The van der Waals surface area contributed by atoms with Crippen LogP contribution in [0.1, 0.15) is 33.6 Å². The molecule has 0 bridgehead atoms. The van der Waals surface area contributed by atoms with Crippen LogP contribution in [0, 0.1) is 6.92 Å². The lowest BCUT2D eigenvalue weighted by molar-refractivity contribution is 0.0786. The molecule has 0 spiro atoms. The van der Waals surface area contributed by atoms with E-state index < -0.39 is 10.0 Å². The van der Waals surface area contributed by atoms with Crippen LogP contribution < -0.4 is 4.72 Å². The molecule has 2 aromatic rings. The van der Waals surface area contributed by atoms with Crippen molar-refractivity contribution in [3.8, 4) is 0 Å². The van der Waals surface area contributed by atoms with Crippen LogP contribution in [-0.4, -0.2) is 32.3 Å². The Kier molecular flexibility index (Phi) is 4.76. The fourth-order valence-corrected chi connectivity index (χ4v) is 4.60. The molecular formula is C17H20N2O3S2. The zero-order valence-corrected chi connectivity index (χ0v) is 15.3. The van der Waals surface area contributed by atoms with Crippen LogP contribution in [0.4, 0.5) is 0 Å². The quantitative estimate of drug-likeness (QED) is 0.857. The third-order valence-electron chi connectivity index (χ3n) is 4.01. The number of amides is 1. The van der Waals surface area contributed by atoms with Gasteiger partial charge in [0.2, 0.25) is 10.0 Å². The van der Waals surface area contributed by atoms with Gasteiger partial charge in [0.25, 0.3) is 5.91 Å². The van der Waals surface area contributed by atoms with Gasteiger partial charge in [0.05, 0.1) is 11.4 Å². The highest BCUT2D eigenvalue weighted by atomic mass is 32.2. The summed E-state index contributed by atoms with van der Waals surface area (Å²) in [7, 11) is -1.73. The Labute approximate surface area is 146 Å². The van der Waals surface area contributed by atoms with Crippen LogP contribution in [0.2, 0.25) is 0 Å². The van der Waals surface area contributed by atoms with E-state index in [0.717, 1.165) is 17.7 Å². The van der Waals surface area contributed by atoms with Gasteiger partial charge < -0.3 is 4.90 Å². The number of nitrogens with zero attached hydrogens (tertiary/aromatic N) is 1. The van der Waals surface area contributed by atoms with Gasteiger partial charge in [-0.3, -0.25) is 4.79 Å². The molecule has 5 nitrogen and oxygen atoms in total. The second-order valence-electron chi connectivity index (χ2n) is 6.11. The third-order valence-corrected chi connectivity index (χ3v) is 6.55. The Balaban J connectivity index is 1.70. The van der Waals surface area contributed by atoms with E-state index in [0.29, 0.717) is 12.1 Å². The molecule has 7 heteroatoms. The number of benzene rings is 1. The summed E-state index contributed by atoms with van der Waals surface area (Å²) in [6.45, 7) is 2.57. The van der Waals surface area contributed by atoms with E-state index in [1.54, 1.807) is 35.4 Å². The van der Waals surface area contributed by atoms with Crippen molar-refractivity contribution in [2.45, 2.75) is 37.2 Å². The maximum absolute atomic E-state index is 12.5. The molecule has 0 radical (unpaired) electrons. The Bertz CT molecular complexity index is 837. The number of aryl methyl sites for hydroxylation is 1. The van der Waals surface area contributed by atoms with E-state index in [4.69, 9.17) is 0 Å². The van der Waals surface area contributed by atoms with Gasteiger partial charge in [0, 0.05) is 23.5 Å². The summed E-state index contributed by atoms with van der Waals surface area (Å²) < 4.78 is 26.9. The fourth-order valence-electron chi connectivity index (χ4n) is 2.34. The van der Waals surface area contributed by atoms with Crippen LogP contribution in [0.25, 0.3) is 0 Å². The van der Waals surface area contributed by atoms with Crippen LogP contribution in [0.15, 0.2) is 40.6 Å². The molecule has 1 fully saturated rings. The molecule has 1 aromatic heterocycles. The zero-order chi connectivity index (χ0) is 17.3. The van der Waals surface area contributed by atoms with Crippen LogP contribution in [0.3, 0.4) is 0 Å². The van der Waals surface area contributed by atoms with Gasteiger partial charge in [-0.05, 0) is 61.0 Å². The highest BCUT2D eigenvalue weighted by Crippen LogP contribution is 2.23. The van der Waals surface area contributed by atoms with Crippen molar-refractivity contribution in [2.75, 3.05) is 7.05 Å². The Morgan fingerprint density at radius 2 is 1.92 bits per heavy atom. The van der Waals surface area contributed by atoms with Gasteiger partial charge in [-0.2, -0.15) is 0 Å². The minimum atomic E-state index is -3.48. The first-order valence-corrected chi connectivity index (χ1v) is 10.1. The molecule has 3 rings (SSSR count). The molecule has 1 aromatic carbocycles. The third kappa shape index (κ3) is 3.85. The van der Waals surface area contributed by atoms with E-state index in [-0.39, 0.29) is 16.8 Å². The van der Waals surface area contributed by atoms with Gasteiger partial charge in [-0.25, -0.2) is 13.1 Å². The molecule has 1 heterocycles. The van der Waals surface area contributed by atoms with Crippen LogP contribution >= 0.6 is 11.3 Å². The summed E-state index contributed by atoms with van der Waals surface area (Å²) in [6, 6.07) is 8.22. The summed E-state index contributed by atoms with van der Waals surface area (Å²) >= 11 is 1.63. The minimum absolute atomic E-state index is 0.0662. The van der Waals surface area contributed by atoms with E-state index in [1.165, 1.54) is 17.7 Å². The predicted octanol–water partition coefficient (Wildman–Crippen LogP) is 2.77. The lowest BCUT2D eigenvalue weighted by Crippen LogP contribution is -2.27. The summed E-state index contributed by atoms with van der Waals surface area (Å²) in [5.74, 6) is -0.123. The molecule has 128 valence electrons. The van der Waals surface area contributed by atoms with Crippen molar-refractivity contribution >= 4 is 27.3 Å². The molecule has 1 aliphatic carbocycles. The van der Waals surface area contributed by atoms with Gasteiger partial charge in [0.15, 0.2) is 0 Å². The zero-order valence-electron chi connectivity index (χ0n) is 13.7. The molecule has 1 aliphatic rings. The van der Waals surface area contributed by atoms with E-state index in [9.17, 15) is 13.2 Å². The number of hydrogen-bond acceptors (Lipinski definition) is 4.